The van der Waals surface area contributed by atoms with Gasteiger partial charge in [0, 0.05) is 19.8 Å². The van der Waals surface area contributed by atoms with Gasteiger partial charge in [-0.15, -0.1) is 0 Å². The van der Waals surface area contributed by atoms with Gasteiger partial charge in [0.1, 0.15) is 0 Å². The Kier molecular flexibility index (Phi) is 2.32. The molecule has 0 aliphatic rings. The van der Waals surface area contributed by atoms with Crippen molar-refractivity contribution in [1.29, 1.82) is 0 Å². The molecule has 0 bridgehead atoms. The standard InChI is InChI=1S/C10H11N3OS/c1-13(2)6-3-4-8-7(5-6)9(14)12-10(15)11-8/h3-5H,1-2H3,(H2,11,12,14,15). The second-order valence-electron chi connectivity index (χ2n) is 3.53. The van der Waals surface area contributed by atoms with Crippen LogP contribution in [-0.4, -0.2) is 24.1 Å². The molecule has 0 fully saturated rings. The number of H-pyrrole nitrogens is 2. The number of anilines is 1. The van der Waals surface area contributed by atoms with Crippen molar-refractivity contribution in [2.75, 3.05) is 19.0 Å². The Bertz CT molecular complexity index is 612. The van der Waals surface area contributed by atoms with Crippen LogP contribution in [0.3, 0.4) is 0 Å². The summed E-state index contributed by atoms with van der Waals surface area (Å²) in [7, 11) is 3.86. The highest BCUT2D eigenvalue weighted by Gasteiger charge is 2.01. The van der Waals surface area contributed by atoms with E-state index in [1.54, 1.807) is 0 Å². The molecule has 15 heavy (non-hydrogen) atoms. The minimum absolute atomic E-state index is 0.155. The normalized spacial score (nSPS) is 10.5. The van der Waals surface area contributed by atoms with E-state index in [0.29, 0.717) is 10.2 Å². The van der Waals surface area contributed by atoms with Crippen LogP contribution in [0.5, 0.6) is 0 Å². The van der Waals surface area contributed by atoms with E-state index in [-0.39, 0.29) is 5.56 Å². The quantitative estimate of drug-likeness (QED) is 0.720. The van der Waals surface area contributed by atoms with Crippen LogP contribution in [0.15, 0.2) is 23.0 Å². The molecule has 5 heteroatoms. The Labute approximate surface area is 91.6 Å². The van der Waals surface area contributed by atoms with E-state index in [2.05, 4.69) is 9.97 Å². The van der Waals surface area contributed by atoms with Crippen molar-refractivity contribution >= 4 is 28.8 Å². The van der Waals surface area contributed by atoms with Gasteiger partial charge in [-0.3, -0.25) is 9.78 Å². The molecule has 4 nitrogen and oxygen atoms in total. The molecule has 1 aromatic carbocycles. The van der Waals surface area contributed by atoms with Crippen molar-refractivity contribution in [3.05, 3.63) is 33.3 Å². The van der Waals surface area contributed by atoms with Crippen molar-refractivity contribution in [1.82, 2.24) is 9.97 Å². The topological polar surface area (TPSA) is 51.9 Å². The van der Waals surface area contributed by atoms with Crippen molar-refractivity contribution in [3.8, 4) is 0 Å². The van der Waals surface area contributed by atoms with Crippen molar-refractivity contribution in [3.63, 3.8) is 0 Å². The number of hydrogen-bond acceptors (Lipinski definition) is 3. The lowest BCUT2D eigenvalue weighted by Gasteiger charge is -2.12. The monoisotopic (exact) mass is 221 g/mol. The second kappa shape index (κ2) is 3.51. The van der Waals surface area contributed by atoms with Crippen LogP contribution in [-0.2, 0) is 0 Å². The lowest BCUT2D eigenvalue weighted by molar-refractivity contribution is 1.12. The molecular weight excluding hydrogens is 210 g/mol. The third kappa shape index (κ3) is 1.78. The summed E-state index contributed by atoms with van der Waals surface area (Å²) in [5.74, 6) is 0. The smallest absolute Gasteiger partial charge is 0.259 e. The zero-order valence-corrected chi connectivity index (χ0v) is 9.31. The maximum absolute atomic E-state index is 11.6. The summed E-state index contributed by atoms with van der Waals surface area (Å²) in [5, 5.41) is 0.620. The Balaban J connectivity index is 2.83. The van der Waals surface area contributed by atoms with E-state index < -0.39 is 0 Å². The first kappa shape index (κ1) is 9.92. The molecular formula is C10H11N3OS. The molecule has 0 saturated carbocycles. The minimum atomic E-state index is -0.155. The van der Waals surface area contributed by atoms with E-state index in [9.17, 15) is 4.79 Å². The lowest BCUT2D eigenvalue weighted by atomic mass is 10.2. The van der Waals surface area contributed by atoms with E-state index in [1.165, 1.54) is 0 Å². The molecule has 0 atom stereocenters. The summed E-state index contributed by atoms with van der Waals surface area (Å²) in [6.07, 6.45) is 0. The van der Waals surface area contributed by atoms with Crippen LogP contribution >= 0.6 is 12.2 Å². The van der Waals surface area contributed by atoms with E-state index in [1.807, 2.05) is 37.2 Å². The van der Waals surface area contributed by atoms with Gasteiger partial charge in [0.2, 0.25) is 0 Å². The fourth-order valence-corrected chi connectivity index (χ4v) is 1.63. The Hall–Kier alpha value is -1.62. The van der Waals surface area contributed by atoms with E-state index >= 15 is 0 Å². The van der Waals surface area contributed by atoms with Crippen LogP contribution < -0.4 is 10.5 Å². The Morgan fingerprint density at radius 3 is 2.67 bits per heavy atom. The zero-order valence-electron chi connectivity index (χ0n) is 8.50. The fourth-order valence-electron chi connectivity index (χ4n) is 1.43. The summed E-state index contributed by atoms with van der Waals surface area (Å²) >= 11 is 4.89. The second-order valence-corrected chi connectivity index (χ2v) is 3.94. The maximum Gasteiger partial charge on any atom is 0.259 e. The summed E-state index contributed by atoms with van der Waals surface area (Å²) < 4.78 is 0.352. The molecule has 0 aliphatic heterocycles. The highest BCUT2D eigenvalue weighted by molar-refractivity contribution is 7.71. The highest BCUT2D eigenvalue weighted by atomic mass is 32.1. The molecule has 0 unspecified atom stereocenters. The molecule has 78 valence electrons. The SMILES string of the molecule is CN(C)c1ccc2[nH]c(=S)[nH]c(=O)c2c1. The van der Waals surface area contributed by atoms with Gasteiger partial charge in [-0.2, -0.15) is 0 Å². The maximum atomic E-state index is 11.6. The number of nitrogens with one attached hydrogen (secondary N) is 2. The molecule has 1 heterocycles. The number of nitrogens with zero attached hydrogens (tertiary/aromatic N) is 1. The third-order valence-corrected chi connectivity index (χ3v) is 2.44. The van der Waals surface area contributed by atoms with Crippen LogP contribution in [0, 0.1) is 4.77 Å². The Morgan fingerprint density at radius 1 is 1.27 bits per heavy atom. The van der Waals surface area contributed by atoms with Gasteiger partial charge in [-0.25, -0.2) is 0 Å². The largest absolute Gasteiger partial charge is 0.378 e. The summed E-state index contributed by atoms with van der Waals surface area (Å²) in [6, 6.07) is 5.63. The van der Waals surface area contributed by atoms with Crippen LogP contribution in [0.25, 0.3) is 10.9 Å². The third-order valence-electron chi connectivity index (χ3n) is 2.24. The molecule has 1 aromatic heterocycles. The van der Waals surface area contributed by atoms with Gasteiger partial charge in [0.05, 0.1) is 10.9 Å². The minimum Gasteiger partial charge on any atom is -0.378 e. The number of benzene rings is 1. The number of hydrogen-bond donors (Lipinski definition) is 2. The summed E-state index contributed by atoms with van der Waals surface area (Å²) in [4.78, 5) is 19.1. The van der Waals surface area contributed by atoms with Crippen molar-refractivity contribution in [2.45, 2.75) is 0 Å². The van der Waals surface area contributed by atoms with Gasteiger partial charge in [0.25, 0.3) is 5.56 Å². The van der Waals surface area contributed by atoms with Gasteiger partial charge in [0.15, 0.2) is 4.77 Å². The van der Waals surface area contributed by atoms with Crippen LogP contribution in [0.4, 0.5) is 5.69 Å². The molecule has 0 radical (unpaired) electrons. The number of rotatable bonds is 1. The first-order chi connectivity index (χ1) is 7.08. The van der Waals surface area contributed by atoms with Gasteiger partial charge in [-0.05, 0) is 30.4 Å². The first-order valence-electron chi connectivity index (χ1n) is 4.51. The first-order valence-corrected chi connectivity index (χ1v) is 4.92. The van der Waals surface area contributed by atoms with Crippen LogP contribution in [0.2, 0.25) is 0 Å². The molecule has 0 aliphatic carbocycles. The average Bonchev–Trinajstić information content (AvgIpc) is 2.16. The molecule has 0 saturated heterocycles. The Morgan fingerprint density at radius 2 is 2.00 bits per heavy atom. The zero-order chi connectivity index (χ0) is 11.0. The van der Waals surface area contributed by atoms with Crippen molar-refractivity contribution < 1.29 is 0 Å². The lowest BCUT2D eigenvalue weighted by Crippen LogP contribution is -2.11. The van der Waals surface area contributed by atoms with Crippen molar-refractivity contribution in [2.24, 2.45) is 0 Å². The fraction of sp³-hybridized carbons (Fsp3) is 0.200. The molecule has 2 aromatic rings. The molecule has 0 amide bonds. The number of aromatic nitrogens is 2. The number of aromatic amines is 2. The summed E-state index contributed by atoms with van der Waals surface area (Å²) in [6.45, 7) is 0. The van der Waals surface area contributed by atoms with E-state index in [4.69, 9.17) is 12.2 Å². The van der Waals surface area contributed by atoms with Crippen LogP contribution in [0.1, 0.15) is 0 Å². The summed E-state index contributed by atoms with van der Waals surface area (Å²) in [5.41, 5.74) is 1.59. The molecule has 2 rings (SSSR count). The predicted octanol–water partition coefficient (Wildman–Crippen LogP) is 1.65. The molecule has 2 N–H and O–H groups in total. The number of fused-ring (bicyclic) bond motifs is 1. The van der Waals surface area contributed by atoms with Gasteiger partial charge in [-0.1, -0.05) is 0 Å². The van der Waals surface area contributed by atoms with Gasteiger partial charge >= 0.3 is 0 Å². The van der Waals surface area contributed by atoms with E-state index in [0.717, 1.165) is 11.2 Å². The molecule has 0 spiro atoms. The highest BCUT2D eigenvalue weighted by Crippen LogP contribution is 2.15. The van der Waals surface area contributed by atoms with Gasteiger partial charge < -0.3 is 9.88 Å². The average molecular weight is 221 g/mol. The predicted molar refractivity (Wildman–Crippen MR) is 64.1 cm³/mol.